The molecular weight excluding hydrogens is 364 g/mol. The molecule has 0 saturated carbocycles. The predicted octanol–water partition coefficient (Wildman–Crippen LogP) is -3.77. The summed E-state index contributed by atoms with van der Waals surface area (Å²) in [6, 6.07) is 0. The van der Waals surface area contributed by atoms with Gasteiger partial charge in [-0.25, -0.2) is 0 Å². The maximum absolute atomic E-state index is 8.85. The second-order valence-electron chi connectivity index (χ2n) is 0.388. The van der Waals surface area contributed by atoms with Crippen LogP contribution in [0.3, 0.4) is 0 Å². The molecule has 0 aromatic heterocycles. The van der Waals surface area contributed by atoms with Gasteiger partial charge in [-0.2, -0.15) is 0 Å². The van der Waals surface area contributed by atoms with E-state index in [1.165, 1.54) is 0 Å². The van der Waals surface area contributed by atoms with Crippen LogP contribution in [0.2, 0.25) is 0 Å². The fourth-order valence-electron chi connectivity index (χ4n) is 0. The Kier molecular flexibility index (Phi) is 45.5. The van der Waals surface area contributed by atoms with Crippen molar-refractivity contribution in [1.82, 2.24) is 0 Å². The van der Waals surface area contributed by atoms with Gasteiger partial charge in [0.25, 0.3) is 0 Å². The van der Waals surface area contributed by atoms with Gasteiger partial charge >= 0.3 is 30.5 Å². The third-order valence-electron chi connectivity index (χ3n) is 0. The fourth-order valence-corrected chi connectivity index (χ4v) is 0. The molecule has 0 bridgehead atoms. The molecule has 6 nitrogen and oxygen atoms in total. The molecule has 0 aromatic carbocycles. The molecule has 0 amide bonds. The van der Waals surface area contributed by atoms with Crippen molar-refractivity contribution in [3.63, 3.8) is 0 Å². The van der Waals surface area contributed by atoms with Crippen molar-refractivity contribution in [2.24, 2.45) is 0 Å². The molecule has 0 atom stereocenters. The van der Waals surface area contributed by atoms with Crippen LogP contribution in [0.5, 0.6) is 0 Å². The summed E-state index contributed by atoms with van der Waals surface area (Å²) < 4.78 is 32.0. The van der Waals surface area contributed by atoms with E-state index in [9.17, 15) is 0 Å². The number of hydrogen-bond donors (Lipinski definition) is 2. The van der Waals surface area contributed by atoms with Crippen molar-refractivity contribution in [1.29, 1.82) is 0 Å². The Labute approximate surface area is 140 Å². The van der Waals surface area contributed by atoms with Crippen molar-refractivity contribution < 1.29 is 41.5 Å². The van der Waals surface area contributed by atoms with Crippen LogP contribution in [0, 0.1) is 0 Å². The minimum atomic E-state index is -5.56. The Hall–Kier alpha value is 3.35. The summed E-state index contributed by atoms with van der Waals surface area (Å²) in [5.74, 6) is 0. The molecule has 52 valence electrons. The Morgan fingerprint density at radius 3 is 0.889 bits per heavy atom. The molecule has 0 fully saturated rings. The normalized spacial score (nSPS) is 8.22. The van der Waals surface area contributed by atoms with Crippen LogP contribution in [0.25, 0.3) is 0 Å². The minimum absolute atomic E-state index is 0. The molecular formula is H6K2O6Os. The molecule has 0 aliphatic carbocycles. The van der Waals surface area contributed by atoms with E-state index in [0.29, 0.717) is 0 Å². The molecule has 0 spiro atoms. The molecule has 0 aromatic rings. The SMILES string of the molecule is O.O.[K].[K].[O]=[Os](=[O])([OH])[OH]. The van der Waals surface area contributed by atoms with Crippen molar-refractivity contribution in [3.8, 4) is 0 Å². The van der Waals surface area contributed by atoms with Gasteiger partial charge in [-0.15, -0.1) is 0 Å². The topological polar surface area (TPSA) is 138 Å². The van der Waals surface area contributed by atoms with E-state index in [-0.39, 0.29) is 114 Å². The van der Waals surface area contributed by atoms with Gasteiger partial charge in [0.05, 0.1) is 0 Å². The van der Waals surface area contributed by atoms with E-state index < -0.39 is 15.7 Å². The van der Waals surface area contributed by atoms with Crippen molar-refractivity contribution in [3.05, 3.63) is 0 Å². The van der Waals surface area contributed by atoms with Crippen molar-refractivity contribution in [2.75, 3.05) is 0 Å². The summed E-state index contributed by atoms with van der Waals surface area (Å²) in [4.78, 5) is 0. The quantitative estimate of drug-likeness (QED) is 0.423. The molecule has 2 radical (unpaired) electrons. The molecule has 0 heterocycles. The average molecular weight is 370 g/mol. The van der Waals surface area contributed by atoms with Crippen LogP contribution in [-0.2, 0) is 22.7 Å². The standard InChI is InChI=1S/2K.4H2O.2O.Os/h;;4*1H2;;;/q;;;;;;;;+2/p-2. The number of rotatable bonds is 0. The van der Waals surface area contributed by atoms with E-state index in [4.69, 9.17) is 14.9 Å². The fraction of sp³-hybridized carbons (Fsp3) is 0. The first-order valence-electron chi connectivity index (χ1n) is 0.605. The summed E-state index contributed by atoms with van der Waals surface area (Å²) in [7, 11) is 0. The maximum atomic E-state index is 8.85. The Balaban J connectivity index is -0.0000000133. The zero-order valence-electron chi connectivity index (χ0n) is 5.06. The molecule has 0 aliphatic heterocycles. The molecule has 6 N–H and O–H groups in total. The van der Waals surface area contributed by atoms with E-state index in [1.807, 2.05) is 0 Å². The third-order valence-corrected chi connectivity index (χ3v) is 0. The molecule has 0 saturated heterocycles. The molecule has 9 heteroatoms. The van der Waals surface area contributed by atoms with Gasteiger partial charge in [0.2, 0.25) is 0 Å². The van der Waals surface area contributed by atoms with E-state index in [1.54, 1.807) is 0 Å². The molecule has 0 rings (SSSR count). The summed E-state index contributed by atoms with van der Waals surface area (Å²) in [5, 5.41) is 0. The van der Waals surface area contributed by atoms with Gasteiger partial charge in [0.1, 0.15) is 0 Å². The summed E-state index contributed by atoms with van der Waals surface area (Å²) in [6.07, 6.45) is 0. The van der Waals surface area contributed by atoms with E-state index in [0.717, 1.165) is 0 Å². The van der Waals surface area contributed by atoms with Crippen molar-refractivity contribution in [2.45, 2.75) is 0 Å². The van der Waals surface area contributed by atoms with Gasteiger partial charge in [-0.05, 0) is 0 Å². The molecule has 0 aliphatic rings. The Morgan fingerprint density at radius 2 is 0.889 bits per heavy atom. The second kappa shape index (κ2) is 13.9. The van der Waals surface area contributed by atoms with Crippen LogP contribution in [0.4, 0.5) is 0 Å². The first kappa shape index (κ1) is 29.5. The van der Waals surface area contributed by atoms with Gasteiger partial charge < -0.3 is 11.0 Å². The summed E-state index contributed by atoms with van der Waals surface area (Å²) in [6.45, 7) is 0. The second-order valence-corrected chi connectivity index (χ2v) is 3.17. The van der Waals surface area contributed by atoms with Crippen molar-refractivity contribution >= 4 is 103 Å². The molecule has 9 heavy (non-hydrogen) atoms. The van der Waals surface area contributed by atoms with Crippen LogP contribution in [0.1, 0.15) is 0 Å². The van der Waals surface area contributed by atoms with Crippen LogP contribution in [0.15, 0.2) is 0 Å². The third kappa shape index (κ3) is 88.4. The molecule has 0 unspecified atom stereocenters. The summed E-state index contributed by atoms with van der Waals surface area (Å²) in [5.41, 5.74) is 0. The van der Waals surface area contributed by atoms with Crippen LogP contribution < -0.4 is 0 Å². The Bertz CT molecular complexity index is 94.2. The Morgan fingerprint density at radius 1 is 0.889 bits per heavy atom. The first-order valence-corrected chi connectivity index (χ1v) is 4.95. The van der Waals surface area contributed by atoms with Gasteiger partial charge in [0, 0.05) is 103 Å². The average Bonchev–Trinajstić information content (AvgIpc) is 0.722. The van der Waals surface area contributed by atoms with Gasteiger partial charge in [-0.1, -0.05) is 0 Å². The first-order chi connectivity index (χ1) is 2.00. The zero-order valence-corrected chi connectivity index (χ0v) is 13.9. The van der Waals surface area contributed by atoms with E-state index in [2.05, 4.69) is 0 Å². The van der Waals surface area contributed by atoms with E-state index >= 15 is 0 Å². The number of hydrogen-bond acceptors (Lipinski definition) is 2. The van der Waals surface area contributed by atoms with Crippen LogP contribution >= 0.6 is 0 Å². The zero-order chi connectivity index (χ0) is 4.50. The van der Waals surface area contributed by atoms with Crippen LogP contribution in [-0.4, -0.2) is 122 Å². The predicted molar refractivity (Wildman–Crippen MR) is 24.5 cm³/mol. The van der Waals surface area contributed by atoms with Gasteiger partial charge in [-0.3, -0.25) is 0 Å². The summed E-state index contributed by atoms with van der Waals surface area (Å²) >= 11 is -5.56. The monoisotopic (exact) mass is 372 g/mol. The van der Waals surface area contributed by atoms with Gasteiger partial charge in [0.15, 0.2) is 0 Å².